The van der Waals surface area contributed by atoms with Crippen molar-refractivity contribution in [3.8, 4) is 0 Å². The zero-order valence-electron chi connectivity index (χ0n) is 9.93. The molecular weight excluding hydrogens is 172 g/mol. The van der Waals surface area contributed by atoms with Crippen molar-refractivity contribution < 1.29 is 4.79 Å². The molecular formula is C13H26O. The predicted molar refractivity (Wildman–Crippen MR) is 62.5 cm³/mol. The van der Waals surface area contributed by atoms with Crippen LogP contribution in [0.1, 0.15) is 71.6 Å². The van der Waals surface area contributed by atoms with Crippen molar-refractivity contribution in [1.29, 1.82) is 0 Å². The first-order valence-corrected chi connectivity index (χ1v) is 6.24. The Kier molecular flexibility index (Phi) is 10.5. The topological polar surface area (TPSA) is 17.1 Å². The highest BCUT2D eigenvalue weighted by molar-refractivity contribution is 5.48. The van der Waals surface area contributed by atoms with E-state index in [1.807, 2.05) is 0 Å². The average Bonchev–Trinajstić information content (AvgIpc) is 2.18. The van der Waals surface area contributed by atoms with E-state index in [1.165, 1.54) is 44.9 Å². The molecule has 1 atom stereocenters. The van der Waals surface area contributed by atoms with Gasteiger partial charge >= 0.3 is 0 Å². The van der Waals surface area contributed by atoms with Crippen LogP contribution in [0.5, 0.6) is 0 Å². The molecule has 0 aromatic carbocycles. The van der Waals surface area contributed by atoms with Gasteiger partial charge in [-0.05, 0) is 12.3 Å². The number of carbonyl (C=O) groups is 1. The first-order chi connectivity index (χ1) is 6.81. The molecule has 14 heavy (non-hydrogen) atoms. The van der Waals surface area contributed by atoms with Crippen LogP contribution in [-0.2, 0) is 4.79 Å². The molecule has 0 rings (SSSR count). The molecule has 1 nitrogen and oxygen atoms in total. The molecule has 0 aliphatic rings. The Bertz CT molecular complexity index is 120. The van der Waals surface area contributed by atoms with Crippen LogP contribution in [0.25, 0.3) is 0 Å². The molecule has 0 saturated heterocycles. The summed E-state index contributed by atoms with van der Waals surface area (Å²) in [6.07, 6.45) is 12.3. The number of unbranched alkanes of at least 4 members (excludes halogenated alkanes) is 5. The normalized spacial score (nSPS) is 12.7. The minimum absolute atomic E-state index is 0.754. The van der Waals surface area contributed by atoms with E-state index in [0.717, 1.165) is 25.0 Å². The molecule has 0 aromatic heterocycles. The van der Waals surface area contributed by atoms with Crippen molar-refractivity contribution in [1.82, 2.24) is 0 Å². The van der Waals surface area contributed by atoms with E-state index in [-0.39, 0.29) is 0 Å². The maximum absolute atomic E-state index is 10.1. The summed E-state index contributed by atoms with van der Waals surface area (Å²) in [7, 11) is 0. The van der Waals surface area contributed by atoms with Crippen LogP contribution in [0.2, 0.25) is 0 Å². The molecule has 0 heterocycles. The van der Waals surface area contributed by atoms with Gasteiger partial charge in [-0.25, -0.2) is 0 Å². The second-order valence-corrected chi connectivity index (χ2v) is 4.41. The van der Waals surface area contributed by atoms with Gasteiger partial charge in [0, 0.05) is 6.42 Å². The fourth-order valence-electron chi connectivity index (χ4n) is 1.78. The summed E-state index contributed by atoms with van der Waals surface area (Å²) in [6, 6.07) is 0. The molecule has 84 valence electrons. The lowest BCUT2D eigenvalue weighted by Crippen LogP contribution is -1.94. The summed E-state index contributed by atoms with van der Waals surface area (Å²) >= 11 is 0. The highest BCUT2D eigenvalue weighted by Gasteiger charge is 2.00. The molecule has 0 aliphatic heterocycles. The summed E-state index contributed by atoms with van der Waals surface area (Å²) in [6.45, 7) is 4.61. The Morgan fingerprint density at radius 1 is 1.00 bits per heavy atom. The fraction of sp³-hybridized carbons (Fsp3) is 0.923. The Balaban J connectivity index is 3.09. The molecule has 0 aromatic rings. The number of hydrogen-bond donors (Lipinski definition) is 0. The molecule has 0 radical (unpaired) electrons. The Labute approximate surface area is 89.3 Å². The van der Waals surface area contributed by atoms with E-state index in [0.29, 0.717) is 0 Å². The molecule has 0 spiro atoms. The number of aldehydes is 1. The van der Waals surface area contributed by atoms with Gasteiger partial charge in [0.15, 0.2) is 0 Å². The zero-order valence-corrected chi connectivity index (χ0v) is 9.93. The van der Waals surface area contributed by atoms with Crippen LogP contribution in [-0.4, -0.2) is 6.29 Å². The molecule has 0 aliphatic carbocycles. The number of rotatable bonds is 10. The van der Waals surface area contributed by atoms with Gasteiger partial charge in [0.1, 0.15) is 6.29 Å². The summed E-state index contributed by atoms with van der Waals surface area (Å²) in [5.41, 5.74) is 0. The number of hydrogen-bond acceptors (Lipinski definition) is 1. The largest absolute Gasteiger partial charge is 0.303 e. The second kappa shape index (κ2) is 10.7. The molecule has 1 unspecified atom stereocenters. The van der Waals surface area contributed by atoms with Crippen LogP contribution >= 0.6 is 0 Å². The molecule has 1 heteroatoms. The SMILES string of the molecule is CCCCCC(C)CCCCCC=O. The van der Waals surface area contributed by atoms with Crippen molar-refractivity contribution in [3.63, 3.8) is 0 Å². The van der Waals surface area contributed by atoms with E-state index in [1.54, 1.807) is 0 Å². The van der Waals surface area contributed by atoms with E-state index >= 15 is 0 Å². The summed E-state index contributed by atoms with van der Waals surface area (Å²) in [4.78, 5) is 10.1. The maximum Gasteiger partial charge on any atom is 0.119 e. The summed E-state index contributed by atoms with van der Waals surface area (Å²) in [5, 5.41) is 0. The standard InChI is InChI=1S/C13H26O/c1-3-4-7-10-13(2)11-8-5-6-9-12-14/h12-13H,3-11H2,1-2H3. The number of carbonyl (C=O) groups excluding carboxylic acids is 1. The minimum atomic E-state index is 0.754. The predicted octanol–water partition coefficient (Wildman–Crippen LogP) is 4.35. The third-order valence-corrected chi connectivity index (χ3v) is 2.82. The van der Waals surface area contributed by atoms with Gasteiger partial charge in [-0.1, -0.05) is 58.8 Å². The molecule has 0 N–H and O–H groups in total. The van der Waals surface area contributed by atoms with Gasteiger partial charge in [0.2, 0.25) is 0 Å². The van der Waals surface area contributed by atoms with Crippen LogP contribution in [0.4, 0.5) is 0 Å². The van der Waals surface area contributed by atoms with Gasteiger partial charge in [0.25, 0.3) is 0 Å². The quantitative estimate of drug-likeness (QED) is 0.377. The van der Waals surface area contributed by atoms with E-state index < -0.39 is 0 Å². The first-order valence-electron chi connectivity index (χ1n) is 6.24. The molecule has 0 fully saturated rings. The van der Waals surface area contributed by atoms with Gasteiger partial charge in [-0.15, -0.1) is 0 Å². The van der Waals surface area contributed by atoms with Crippen LogP contribution < -0.4 is 0 Å². The van der Waals surface area contributed by atoms with E-state index in [4.69, 9.17) is 0 Å². The second-order valence-electron chi connectivity index (χ2n) is 4.41. The van der Waals surface area contributed by atoms with E-state index in [9.17, 15) is 4.79 Å². The van der Waals surface area contributed by atoms with Crippen LogP contribution in [0.15, 0.2) is 0 Å². The van der Waals surface area contributed by atoms with Crippen LogP contribution in [0.3, 0.4) is 0 Å². The average molecular weight is 198 g/mol. The Hall–Kier alpha value is -0.330. The van der Waals surface area contributed by atoms with Crippen LogP contribution in [0, 0.1) is 5.92 Å². The lowest BCUT2D eigenvalue weighted by molar-refractivity contribution is -0.107. The van der Waals surface area contributed by atoms with Crippen molar-refractivity contribution in [3.05, 3.63) is 0 Å². The lowest BCUT2D eigenvalue weighted by atomic mass is 9.97. The van der Waals surface area contributed by atoms with Gasteiger partial charge in [0.05, 0.1) is 0 Å². The van der Waals surface area contributed by atoms with Crippen molar-refractivity contribution in [2.75, 3.05) is 0 Å². The molecule has 0 amide bonds. The lowest BCUT2D eigenvalue weighted by Gasteiger charge is -2.09. The Morgan fingerprint density at radius 3 is 2.21 bits per heavy atom. The van der Waals surface area contributed by atoms with Crippen molar-refractivity contribution in [2.24, 2.45) is 5.92 Å². The summed E-state index contributed by atoms with van der Waals surface area (Å²) in [5.74, 6) is 0.887. The summed E-state index contributed by atoms with van der Waals surface area (Å²) < 4.78 is 0. The fourth-order valence-corrected chi connectivity index (χ4v) is 1.78. The molecule has 0 saturated carbocycles. The minimum Gasteiger partial charge on any atom is -0.303 e. The highest BCUT2D eigenvalue weighted by atomic mass is 16.1. The third-order valence-electron chi connectivity index (χ3n) is 2.82. The smallest absolute Gasteiger partial charge is 0.119 e. The van der Waals surface area contributed by atoms with Gasteiger partial charge in [-0.3, -0.25) is 0 Å². The third kappa shape index (κ3) is 9.76. The van der Waals surface area contributed by atoms with Crippen molar-refractivity contribution >= 4 is 6.29 Å². The first kappa shape index (κ1) is 13.7. The van der Waals surface area contributed by atoms with Gasteiger partial charge in [-0.2, -0.15) is 0 Å². The zero-order chi connectivity index (χ0) is 10.6. The maximum atomic E-state index is 10.1. The van der Waals surface area contributed by atoms with Gasteiger partial charge < -0.3 is 4.79 Å². The highest BCUT2D eigenvalue weighted by Crippen LogP contribution is 2.16. The van der Waals surface area contributed by atoms with E-state index in [2.05, 4.69) is 13.8 Å². The molecule has 0 bridgehead atoms. The Morgan fingerprint density at radius 2 is 1.64 bits per heavy atom. The monoisotopic (exact) mass is 198 g/mol. The van der Waals surface area contributed by atoms with Crippen molar-refractivity contribution in [2.45, 2.75) is 71.6 Å².